The fourth-order valence-electron chi connectivity index (χ4n) is 7.93. The standard InChI is InChI=1S/C27H30BrFN6O3/c1-16-24(17(2)33(31-16)13-20-5-3-4-6-22(20)29)30-23(36)12-26-8-18-7-19(9-26)11-27(10-18,15-26)34-14-21(28)25(32-34)35(37)38/h3-6,14,18-19H,7-13,15H2,1-2H3,(H,30,36). The molecule has 3 aromatic rings. The Kier molecular flexibility index (Phi) is 5.97. The Morgan fingerprint density at radius 3 is 2.58 bits per heavy atom. The average Bonchev–Trinajstić information content (AvgIpc) is 3.35. The van der Waals surface area contributed by atoms with Gasteiger partial charge >= 0.3 is 5.82 Å². The second-order valence-electron chi connectivity index (χ2n) is 11.7. The zero-order chi connectivity index (χ0) is 26.8. The van der Waals surface area contributed by atoms with Gasteiger partial charge in [-0.05, 0) is 96.5 Å². The number of aryl methyl sites for hydroxylation is 1. The minimum atomic E-state index is -0.457. The lowest BCUT2D eigenvalue weighted by Gasteiger charge is -2.61. The predicted molar refractivity (Wildman–Crippen MR) is 142 cm³/mol. The number of carbonyl (C=O) groups excluding carboxylic acids is 1. The van der Waals surface area contributed by atoms with Gasteiger partial charge in [-0.15, -0.1) is 0 Å². The largest absolute Gasteiger partial charge is 0.404 e. The molecule has 9 nitrogen and oxygen atoms in total. The maximum Gasteiger partial charge on any atom is 0.404 e. The number of carbonyl (C=O) groups is 1. The van der Waals surface area contributed by atoms with Crippen molar-refractivity contribution >= 4 is 33.3 Å². The molecule has 2 unspecified atom stereocenters. The lowest BCUT2D eigenvalue weighted by Crippen LogP contribution is -2.57. The van der Waals surface area contributed by atoms with Crippen molar-refractivity contribution in [3.05, 3.63) is 67.8 Å². The van der Waals surface area contributed by atoms with Crippen LogP contribution in [0.1, 0.15) is 61.9 Å². The summed E-state index contributed by atoms with van der Waals surface area (Å²) >= 11 is 3.31. The van der Waals surface area contributed by atoms with Crippen molar-refractivity contribution in [2.45, 2.75) is 70.9 Å². The number of amides is 1. The number of anilines is 1. The molecule has 200 valence electrons. The quantitative estimate of drug-likeness (QED) is 0.275. The molecule has 38 heavy (non-hydrogen) atoms. The van der Waals surface area contributed by atoms with Crippen molar-refractivity contribution in [2.24, 2.45) is 17.3 Å². The molecule has 1 aromatic carbocycles. The van der Waals surface area contributed by atoms with Crippen LogP contribution < -0.4 is 5.32 Å². The minimum absolute atomic E-state index is 0.0497. The van der Waals surface area contributed by atoms with Crippen LogP contribution in [0, 0.1) is 47.0 Å². The second-order valence-corrected chi connectivity index (χ2v) is 12.6. The average molecular weight is 585 g/mol. The van der Waals surface area contributed by atoms with Gasteiger partial charge in [0, 0.05) is 12.0 Å². The molecule has 4 aliphatic carbocycles. The number of benzene rings is 1. The van der Waals surface area contributed by atoms with E-state index in [1.165, 1.54) is 6.07 Å². The third kappa shape index (κ3) is 4.24. The van der Waals surface area contributed by atoms with Crippen LogP contribution in [-0.2, 0) is 16.9 Å². The molecule has 7 rings (SSSR count). The summed E-state index contributed by atoms with van der Waals surface area (Å²) in [5.41, 5.74) is 2.25. The molecule has 0 aliphatic heterocycles. The number of nitro groups is 1. The molecule has 0 spiro atoms. The molecule has 4 saturated carbocycles. The molecule has 0 radical (unpaired) electrons. The van der Waals surface area contributed by atoms with Crippen molar-refractivity contribution in [2.75, 3.05) is 5.32 Å². The number of halogens is 2. The summed E-state index contributed by atoms with van der Waals surface area (Å²) in [5, 5.41) is 23.5. The van der Waals surface area contributed by atoms with E-state index in [0.29, 0.717) is 39.7 Å². The van der Waals surface area contributed by atoms with Crippen molar-refractivity contribution in [3.8, 4) is 0 Å². The lowest BCUT2D eigenvalue weighted by molar-refractivity contribution is -0.390. The molecule has 4 fully saturated rings. The van der Waals surface area contributed by atoms with Crippen LogP contribution in [0.5, 0.6) is 0 Å². The summed E-state index contributed by atoms with van der Waals surface area (Å²) in [5.74, 6) is 0.476. The molecule has 2 aromatic heterocycles. The van der Waals surface area contributed by atoms with E-state index in [4.69, 9.17) is 0 Å². The van der Waals surface area contributed by atoms with Gasteiger partial charge in [-0.1, -0.05) is 18.2 Å². The number of nitrogens with one attached hydrogen (secondary N) is 1. The van der Waals surface area contributed by atoms with Crippen LogP contribution in [0.25, 0.3) is 0 Å². The smallest absolute Gasteiger partial charge is 0.358 e. The molecule has 4 bridgehead atoms. The zero-order valence-corrected chi connectivity index (χ0v) is 23.0. The first kappa shape index (κ1) is 25.2. The van der Waals surface area contributed by atoms with Gasteiger partial charge in [0.2, 0.25) is 5.91 Å². The van der Waals surface area contributed by atoms with Crippen LogP contribution in [0.3, 0.4) is 0 Å². The van der Waals surface area contributed by atoms with E-state index in [9.17, 15) is 19.3 Å². The van der Waals surface area contributed by atoms with Gasteiger partial charge < -0.3 is 15.4 Å². The van der Waals surface area contributed by atoms with Gasteiger partial charge in [0.15, 0.2) is 0 Å². The molecule has 2 atom stereocenters. The van der Waals surface area contributed by atoms with Gasteiger partial charge in [-0.3, -0.25) is 9.48 Å². The first-order valence-electron chi connectivity index (χ1n) is 13.0. The molecule has 1 N–H and O–H groups in total. The van der Waals surface area contributed by atoms with E-state index in [1.807, 2.05) is 18.5 Å². The molecular formula is C27H30BrFN6O3. The van der Waals surface area contributed by atoms with E-state index >= 15 is 0 Å². The Morgan fingerprint density at radius 2 is 1.92 bits per heavy atom. The Morgan fingerprint density at radius 1 is 1.21 bits per heavy atom. The fraction of sp³-hybridized carbons (Fsp3) is 0.519. The molecular weight excluding hydrogens is 555 g/mol. The number of hydrogen-bond acceptors (Lipinski definition) is 5. The predicted octanol–water partition coefficient (Wildman–Crippen LogP) is 5.88. The van der Waals surface area contributed by atoms with E-state index < -0.39 is 4.92 Å². The molecule has 4 aliphatic rings. The lowest BCUT2D eigenvalue weighted by atomic mass is 9.46. The summed E-state index contributed by atoms with van der Waals surface area (Å²) in [6, 6.07) is 6.62. The number of nitrogens with zero attached hydrogens (tertiary/aromatic N) is 5. The summed E-state index contributed by atoms with van der Waals surface area (Å²) in [6.07, 6.45) is 7.95. The SMILES string of the molecule is Cc1nn(Cc2ccccc2F)c(C)c1NC(=O)CC12CC3CC(C1)CC(n1cc(Br)c([N+](=O)[O-])n1)(C3)C2. The van der Waals surface area contributed by atoms with Crippen molar-refractivity contribution in [1.29, 1.82) is 0 Å². The van der Waals surface area contributed by atoms with E-state index in [0.717, 1.165) is 44.2 Å². The highest BCUT2D eigenvalue weighted by Gasteiger charge is 2.60. The maximum atomic E-state index is 14.2. The van der Waals surface area contributed by atoms with Crippen LogP contribution in [0.2, 0.25) is 0 Å². The zero-order valence-electron chi connectivity index (χ0n) is 21.4. The minimum Gasteiger partial charge on any atom is -0.358 e. The van der Waals surface area contributed by atoms with Crippen LogP contribution in [0.4, 0.5) is 15.9 Å². The van der Waals surface area contributed by atoms with Crippen molar-refractivity contribution in [3.63, 3.8) is 0 Å². The van der Waals surface area contributed by atoms with E-state index in [-0.39, 0.29) is 35.0 Å². The highest BCUT2D eigenvalue weighted by molar-refractivity contribution is 9.10. The topological polar surface area (TPSA) is 108 Å². The maximum absolute atomic E-state index is 14.2. The third-order valence-electron chi connectivity index (χ3n) is 8.92. The second kappa shape index (κ2) is 9.00. The Bertz CT molecular complexity index is 1430. The number of rotatable bonds is 7. The molecule has 11 heteroatoms. The Labute approximate surface area is 228 Å². The summed E-state index contributed by atoms with van der Waals surface area (Å²) in [6.45, 7) is 4.03. The van der Waals surface area contributed by atoms with E-state index in [1.54, 1.807) is 29.1 Å². The Balaban J connectivity index is 1.22. The van der Waals surface area contributed by atoms with Crippen LogP contribution in [0.15, 0.2) is 34.9 Å². The highest BCUT2D eigenvalue weighted by Crippen LogP contribution is 2.65. The number of aromatic nitrogens is 4. The fourth-order valence-corrected chi connectivity index (χ4v) is 8.35. The summed E-state index contributed by atoms with van der Waals surface area (Å²) in [7, 11) is 0. The first-order valence-corrected chi connectivity index (χ1v) is 13.8. The highest BCUT2D eigenvalue weighted by atomic mass is 79.9. The molecule has 2 heterocycles. The van der Waals surface area contributed by atoms with Gasteiger partial charge in [0.1, 0.15) is 10.3 Å². The summed E-state index contributed by atoms with van der Waals surface area (Å²) < 4.78 is 18.1. The van der Waals surface area contributed by atoms with Gasteiger partial charge in [0.05, 0.1) is 40.5 Å². The van der Waals surface area contributed by atoms with Crippen molar-refractivity contribution in [1.82, 2.24) is 19.6 Å². The Hall–Kier alpha value is -3.08. The van der Waals surface area contributed by atoms with Gasteiger partial charge in [-0.2, -0.15) is 9.78 Å². The van der Waals surface area contributed by atoms with E-state index in [2.05, 4.69) is 31.4 Å². The third-order valence-corrected chi connectivity index (χ3v) is 9.48. The molecule has 1 amide bonds. The summed E-state index contributed by atoms with van der Waals surface area (Å²) in [4.78, 5) is 24.5. The van der Waals surface area contributed by atoms with Gasteiger partial charge in [0.25, 0.3) is 0 Å². The molecule has 0 saturated heterocycles. The number of hydrogen-bond donors (Lipinski definition) is 1. The van der Waals surface area contributed by atoms with Crippen LogP contribution >= 0.6 is 15.9 Å². The first-order chi connectivity index (χ1) is 18.1. The van der Waals surface area contributed by atoms with Gasteiger partial charge in [-0.25, -0.2) is 4.39 Å². The van der Waals surface area contributed by atoms with Crippen LogP contribution in [-0.4, -0.2) is 30.4 Å². The normalized spacial score (nSPS) is 27.6. The monoisotopic (exact) mass is 584 g/mol. The van der Waals surface area contributed by atoms with Crippen molar-refractivity contribution < 1.29 is 14.1 Å².